The third-order valence-electron chi connectivity index (χ3n) is 6.78. The Bertz CT molecular complexity index is 1510. The standard InChI is InChI=1S/C29H24NO/c1-29(2)24-13-7-8-14-25(24)30(3)27(29)17-16-22-20-11-5-6-12-21(20)23-18-19-10-4-9-15-26(19)31-28(22)23/h4-18H,1-3H3/q+1/b17-16+. The number of nitrogens with zero attached hydrogens (tertiary/aromatic N) is 1. The van der Waals surface area contributed by atoms with Crippen molar-refractivity contribution in [1.82, 2.24) is 0 Å². The summed E-state index contributed by atoms with van der Waals surface area (Å²) in [5.74, 6) is 0.952. The lowest BCUT2D eigenvalue weighted by Gasteiger charge is -2.15. The van der Waals surface area contributed by atoms with E-state index in [9.17, 15) is 0 Å². The molecule has 0 unspecified atom stereocenters. The van der Waals surface area contributed by atoms with E-state index in [1.54, 1.807) is 0 Å². The molecule has 3 aromatic rings. The van der Waals surface area contributed by atoms with Crippen LogP contribution in [0.15, 0.2) is 89.4 Å². The van der Waals surface area contributed by atoms with Gasteiger partial charge in [0.25, 0.3) is 0 Å². The van der Waals surface area contributed by atoms with Crippen molar-refractivity contribution in [3.63, 3.8) is 0 Å². The highest BCUT2D eigenvalue weighted by Gasteiger charge is 2.42. The number of para-hydroxylation sites is 2. The molecule has 0 amide bonds. The van der Waals surface area contributed by atoms with Crippen LogP contribution in [0, 0.1) is 0 Å². The molecular formula is C29H24NO+. The van der Waals surface area contributed by atoms with Crippen LogP contribution in [0.2, 0.25) is 0 Å². The van der Waals surface area contributed by atoms with Crippen LogP contribution in [-0.2, 0) is 5.41 Å². The molecule has 2 aliphatic heterocycles. The Hall–Kier alpha value is -3.65. The summed E-state index contributed by atoms with van der Waals surface area (Å²) in [6.45, 7) is 4.60. The minimum Gasteiger partial charge on any atom is -0.455 e. The molecule has 0 bridgehead atoms. The molecule has 0 saturated heterocycles. The Balaban J connectivity index is 1.58. The molecule has 0 atom stereocenters. The molecule has 0 radical (unpaired) electrons. The van der Waals surface area contributed by atoms with Crippen molar-refractivity contribution in [2.24, 2.45) is 0 Å². The van der Waals surface area contributed by atoms with Gasteiger partial charge in [0, 0.05) is 34.2 Å². The van der Waals surface area contributed by atoms with Crippen molar-refractivity contribution in [2.75, 3.05) is 7.05 Å². The van der Waals surface area contributed by atoms with Gasteiger partial charge < -0.3 is 4.42 Å². The Morgan fingerprint density at radius 2 is 1.52 bits per heavy atom. The lowest BCUT2D eigenvalue weighted by molar-refractivity contribution is -0.401. The zero-order valence-corrected chi connectivity index (χ0v) is 18.0. The Morgan fingerprint density at radius 1 is 0.806 bits per heavy atom. The number of hydrogen-bond acceptors (Lipinski definition) is 1. The zero-order chi connectivity index (χ0) is 21.2. The van der Waals surface area contributed by atoms with E-state index in [1.165, 1.54) is 33.3 Å². The van der Waals surface area contributed by atoms with E-state index in [0.29, 0.717) is 0 Å². The quantitative estimate of drug-likeness (QED) is 0.281. The van der Waals surface area contributed by atoms with E-state index >= 15 is 0 Å². The molecule has 0 saturated carbocycles. The molecule has 0 fully saturated rings. The van der Waals surface area contributed by atoms with Crippen molar-refractivity contribution in [1.29, 1.82) is 0 Å². The average Bonchev–Trinajstić information content (AvgIpc) is 3.20. The Labute approximate surface area is 182 Å². The molecule has 6 rings (SSSR count). The van der Waals surface area contributed by atoms with Crippen LogP contribution in [0.3, 0.4) is 0 Å². The molecule has 3 aliphatic rings. The van der Waals surface area contributed by atoms with Crippen molar-refractivity contribution in [2.45, 2.75) is 19.3 Å². The maximum atomic E-state index is 6.44. The maximum absolute atomic E-state index is 6.44. The molecule has 150 valence electrons. The van der Waals surface area contributed by atoms with Crippen molar-refractivity contribution in [3.8, 4) is 11.3 Å². The summed E-state index contributed by atoms with van der Waals surface area (Å²) < 4.78 is 8.76. The van der Waals surface area contributed by atoms with Gasteiger partial charge in [-0.2, -0.15) is 4.58 Å². The molecule has 2 nitrogen and oxygen atoms in total. The number of hydrogen-bond donors (Lipinski definition) is 0. The van der Waals surface area contributed by atoms with Crippen LogP contribution in [0.25, 0.3) is 39.1 Å². The summed E-state index contributed by atoms with van der Waals surface area (Å²) in [4.78, 5) is 0. The Morgan fingerprint density at radius 3 is 2.35 bits per heavy atom. The molecule has 0 spiro atoms. The highest BCUT2D eigenvalue weighted by atomic mass is 16.3. The second-order valence-electron chi connectivity index (χ2n) is 8.91. The van der Waals surface area contributed by atoms with E-state index in [0.717, 1.165) is 22.3 Å². The molecule has 31 heavy (non-hydrogen) atoms. The van der Waals surface area contributed by atoms with E-state index in [-0.39, 0.29) is 5.41 Å². The highest BCUT2D eigenvalue weighted by molar-refractivity contribution is 6.12. The topological polar surface area (TPSA) is 16.1 Å². The minimum atomic E-state index is -0.0517. The fourth-order valence-electron chi connectivity index (χ4n) is 5.18. The van der Waals surface area contributed by atoms with E-state index in [2.05, 4.69) is 104 Å². The van der Waals surface area contributed by atoms with Crippen LogP contribution in [0.1, 0.15) is 25.0 Å². The summed E-state index contributed by atoms with van der Waals surface area (Å²) >= 11 is 0. The van der Waals surface area contributed by atoms with Gasteiger partial charge in [-0.1, -0.05) is 60.7 Å². The smallest absolute Gasteiger partial charge is 0.209 e. The van der Waals surface area contributed by atoms with Gasteiger partial charge in [-0.05, 0) is 42.8 Å². The molecule has 0 N–H and O–H groups in total. The van der Waals surface area contributed by atoms with E-state index < -0.39 is 0 Å². The number of fused-ring (bicyclic) bond motifs is 5. The molecule has 1 aliphatic carbocycles. The van der Waals surface area contributed by atoms with Gasteiger partial charge in [0.1, 0.15) is 18.4 Å². The predicted molar refractivity (Wildman–Crippen MR) is 130 cm³/mol. The summed E-state index contributed by atoms with van der Waals surface area (Å²) in [5, 5.41) is 3.59. The summed E-state index contributed by atoms with van der Waals surface area (Å²) in [6, 6.07) is 27.8. The van der Waals surface area contributed by atoms with E-state index in [4.69, 9.17) is 4.42 Å². The Kier molecular flexibility index (Phi) is 3.76. The fraction of sp³-hybridized carbons (Fsp3) is 0.138. The third kappa shape index (κ3) is 2.55. The molecule has 3 aromatic carbocycles. The number of benzene rings is 3. The zero-order valence-electron chi connectivity index (χ0n) is 18.0. The number of allylic oxidation sites excluding steroid dienone is 1. The molecule has 0 aromatic heterocycles. The lowest BCUT2D eigenvalue weighted by atomic mass is 9.81. The maximum Gasteiger partial charge on any atom is 0.209 e. The van der Waals surface area contributed by atoms with Crippen LogP contribution in [-0.4, -0.2) is 17.3 Å². The van der Waals surface area contributed by atoms with Crippen molar-refractivity contribution >= 4 is 39.2 Å². The van der Waals surface area contributed by atoms with E-state index in [1.807, 2.05) is 12.1 Å². The number of rotatable bonds is 2. The molecule has 2 heterocycles. The van der Waals surface area contributed by atoms with Crippen molar-refractivity contribution < 1.29 is 8.99 Å². The van der Waals surface area contributed by atoms with Crippen LogP contribution >= 0.6 is 0 Å². The average molecular weight is 403 g/mol. The van der Waals surface area contributed by atoms with Gasteiger partial charge in [0.05, 0.1) is 5.41 Å². The molecule has 2 heteroatoms. The summed E-state index contributed by atoms with van der Waals surface area (Å²) in [7, 11) is 2.16. The first-order valence-corrected chi connectivity index (χ1v) is 10.8. The summed E-state index contributed by atoms with van der Waals surface area (Å²) in [5.41, 5.74) is 7.10. The minimum absolute atomic E-state index is 0.0517. The largest absolute Gasteiger partial charge is 0.455 e. The van der Waals surface area contributed by atoms with Gasteiger partial charge in [0.2, 0.25) is 5.69 Å². The first-order valence-electron chi connectivity index (χ1n) is 10.8. The third-order valence-corrected chi connectivity index (χ3v) is 6.78. The SMILES string of the molecule is C[N+]1=C(/C=C/c2c3oc4ccccc4cc-3c3ccccc23)C(C)(C)c2ccccc21. The van der Waals surface area contributed by atoms with Crippen LogP contribution < -0.4 is 0 Å². The van der Waals surface area contributed by atoms with Gasteiger partial charge >= 0.3 is 0 Å². The summed E-state index contributed by atoms with van der Waals surface area (Å²) in [6.07, 6.45) is 4.51. The van der Waals surface area contributed by atoms with Gasteiger partial charge in [-0.15, -0.1) is 0 Å². The molecular weight excluding hydrogens is 378 g/mol. The first kappa shape index (κ1) is 18.1. The van der Waals surface area contributed by atoms with Gasteiger partial charge in [0.15, 0.2) is 5.71 Å². The first-order chi connectivity index (χ1) is 15.1. The highest BCUT2D eigenvalue weighted by Crippen LogP contribution is 2.43. The monoisotopic (exact) mass is 402 g/mol. The van der Waals surface area contributed by atoms with Crippen LogP contribution in [0.4, 0.5) is 5.69 Å². The normalized spacial score (nSPS) is 15.6. The predicted octanol–water partition coefficient (Wildman–Crippen LogP) is 7.41. The van der Waals surface area contributed by atoms with Crippen LogP contribution in [0.5, 0.6) is 0 Å². The van der Waals surface area contributed by atoms with Gasteiger partial charge in [-0.3, -0.25) is 0 Å². The van der Waals surface area contributed by atoms with Crippen molar-refractivity contribution in [3.05, 3.63) is 96.1 Å². The lowest BCUT2D eigenvalue weighted by Crippen LogP contribution is -2.26. The fourth-order valence-corrected chi connectivity index (χ4v) is 5.18. The van der Waals surface area contributed by atoms with Gasteiger partial charge in [-0.25, -0.2) is 0 Å². The second-order valence-corrected chi connectivity index (χ2v) is 8.91. The second kappa shape index (κ2) is 6.42.